The van der Waals surface area contributed by atoms with Gasteiger partial charge in [0.05, 0.1) is 17.8 Å². The van der Waals surface area contributed by atoms with Crippen molar-refractivity contribution in [1.82, 2.24) is 0 Å². The van der Waals surface area contributed by atoms with Crippen LogP contribution >= 0.6 is 0 Å². The topological polar surface area (TPSA) is 46.5 Å². The van der Waals surface area contributed by atoms with E-state index in [0.717, 1.165) is 23.1 Å². The van der Waals surface area contributed by atoms with Crippen molar-refractivity contribution in [3.05, 3.63) is 94.8 Å². The van der Waals surface area contributed by atoms with E-state index in [-0.39, 0.29) is 11.2 Å². The second-order valence-electron chi connectivity index (χ2n) is 9.38. The molecule has 1 N–H and O–H groups in total. The molecule has 1 aliphatic carbocycles. The van der Waals surface area contributed by atoms with Crippen molar-refractivity contribution in [1.29, 1.82) is 0 Å². The molecule has 4 rings (SSSR count). The molecule has 3 aromatic carbocycles. The number of aryl methyl sites for hydroxylation is 1. The van der Waals surface area contributed by atoms with E-state index in [1.165, 1.54) is 49.8 Å². The Kier molecular flexibility index (Phi) is 7.47. The maximum atomic E-state index is 14.2. The van der Waals surface area contributed by atoms with Crippen molar-refractivity contribution in [2.75, 3.05) is 0 Å². The average Bonchev–Trinajstić information content (AvgIpc) is 2.86. The highest BCUT2D eigenvalue weighted by atomic mass is 19.1. The molecule has 0 radical (unpaired) electrons. The van der Waals surface area contributed by atoms with Crippen molar-refractivity contribution in [3.63, 3.8) is 0 Å². The highest BCUT2D eigenvalue weighted by Crippen LogP contribution is 2.45. The van der Waals surface area contributed by atoms with Crippen molar-refractivity contribution >= 4 is 5.97 Å². The lowest BCUT2D eigenvalue weighted by atomic mass is 9.72. The van der Waals surface area contributed by atoms with Gasteiger partial charge in [-0.1, -0.05) is 80.8 Å². The Morgan fingerprint density at radius 3 is 2.38 bits per heavy atom. The summed E-state index contributed by atoms with van der Waals surface area (Å²) >= 11 is 0. The maximum Gasteiger partial charge on any atom is 0.338 e. The molecule has 0 amide bonds. The van der Waals surface area contributed by atoms with Crippen LogP contribution < -0.4 is 0 Å². The number of ether oxygens (including phenoxy) is 1. The van der Waals surface area contributed by atoms with Crippen LogP contribution in [-0.4, -0.2) is 11.1 Å². The van der Waals surface area contributed by atoms with Crippen LogP contribution in [0.25, 0.3) is 11.1 Å². The Hall–Kier alpha value is -2.98. The summed E-state index contributed by atoms with van der Waals surface area (Å²) in [4.78, 5) is 11.1. The quantitative estimate of drug-likeness (QED) is 0.372. The first-order valence-corrected chi connectivity index (χ1v) is 12.3. The van der Waals surface area contributed by atoms with E-state index in [2.05, 4.69) is 43.3 Å². The molecular formula is C30H33FO3. The molecule has 34 heavy (non-hydrogen) atoms. The number of aromatic carboxylic acids is 1. The van der Waals surface area contributed by atoms with Gasteiger partial charge in [0.1, 0.15) is 5.82 Å². The van der Waals surface area contributed by atoms with E-state index in [1.807, 2.05) is 19.1 Å². The summed E-state index contributed by atoms with van der Waals surface area (Å²) in [5, 5.41) is 9.09. The Bertz CT molecular complexity index is 1140. The van der Waals surface area contributed by atoms with Gasteiger partial charge in [0.25, 0.3) is 0 Å². The number of carbonyl (C=O) groups is 1. The number of carboxylic acids is 1. The Morgan fingerprint density at radius 1 is 1.03 bits per heavy atom. The predicted molar refractivity (Wildman–Crippen MR) is 133 cm³/mol. The van der Waals surface area contributed by atoms with E-state index < -0.39 is 11.8 Å². The zero-order chi connectivity index (χ0) is 24.1. The summed E-state index contributed by atoms with van der Waals surface area (Å²) in [6.07, 6.45) is 7.13. The van der Waals surface area contributed by atoms with E-state index in [0.29, 0.717) is 18.1 Å². The van der Waals surface area contributed by atoms with E-state index in [1.54, 1.807) is 6.07 Å². The van der Waals surface area contributed by atoms with Gasteiger partial charge in [-0.3, -0.25) is 0 Å². The summed E-state index contributed by atoms with van der Waals surface area (Å²) in [5.41, 5.74) is 4.28. The Balaban J connectivity index is 1.58. The van der Waals surface area contributed by atoms with Gasteiger partial charge in [0.15, 0.2) is 0 Å². The normalized spacial score (nSPS) is 16.2. The van der Waals surface area contributed by atoms with Gasteiger partial charge in [-0.15, -0.1) is 0 Å². The van der Waals surface area contributed by atoms with E-state index in [4.69, 9.17) is 9.84 Å². The molecule has 4 heteroatoms. The molecule has 1 atom stereocenters. The van der Waals surface area contributed by atoms with E-state index in [9.17, 15) is 9.18 Å². The van der Waals surface area contributed by atoms with Crippen LogP contribution in [0.15, 0.2) is 66.7 Å². The first-order chi connectivity index (χ1) is 16.4. The van der Waals surface area contributed by atoms with Crippen molar-refractivity contribution in [2.45, 2.75) is 64.6 Å². The fraction of sp³-hybridized carbons (Fsp3) is 0.367. The van der Waals surface area contributed by atoms with Gasteiger partial charge in [0.2, 0.25) is 0 Å². The molecule has 0 aromatic heterocycles. The first kappa shape index (κ1) is 24.2. The monoisotopic (exact) mass is 460 g/mol. The van der Waals surface area contributed by atoms with Gasteiger partial charge in [-0.25, -0.2) is 9.18 Å². The molecule has 1 fully saturated rings. The summed E-state index contributed by atoms with van der Waals surface area (Å²) in [6, 6.07) is 21.0. The summed E-state index contributed by atoms with van der Waals surface area (Å²) in [5.74, 6) is -1.48. The largest absolute Gasteiger partial charge is 0.478 e. The highest BCUT2D eigenvalue weighted by molar-refractivity contribution is 5.88. The van der Waals surface area contributed by atoms with Gasteiger partial charge in [0, 0.05) is 0 Å². The lowest BCUT2D eigenvalue weighted by molar-refractivity contribution is -0.116. The minimum atomic E-state index is -1.26. The minimum Gasteiger partial charge on any atom is -0.478 e. The van der Waals surface area contributed by atoms with Gasteiger partial charge >= 0.3 is 5.97 Å². The first-order valence-electron chi connectivity index (χ1n) is 12.3. The smallest absolute Gasteiger partial charge is 0.338 e. The molecule has 3 nitrogen and oxygen atoms in total. The lowest BCUT2D eigenvalue weighted by Crippen LogP contribution is -2.38. The summed E-state index contributed by atoms with van der Waals surface area (Å²) < 4.78 is 21.1. The Labute approximate surface area is 201 Å². The molecule has 1 unspecified atom stereocenters. The number of hydrogen-bond donors (Lipinski definition) is 1. The minimum absolute atomic E-state index is 0.302. The Morgan fingerprint density at radius 2 is 1.76 bits per heavy atom. The number of benzene rings is 3. The number of carboxylic acid groups (broad SMARTS) is 1. The SMILES string of the molecule is CCC(OCc1ccc(-c2ccc(C(=O)O)c(F)c2)c(C)c1)(c1ccccc1)C1CCCCC1. The third-order valence-electron chi connectivity index (χ3n) is 7.35. The molecule has 3 aromatic rings. The van der Waals surface area contributed by atoms with Crippen molar-refractivity contribution < 1.29 is 19.0 Å². The fourth-order valence-corrected chi connectivity index (χ4v) is 5.53. The zero-order valence-electron chi connectivity index (χ0n) is 20.0. The van der Waals surface area contributed by atoms with Crippen LogP contribution in [0.3, 0.4) is 0 Å². The van der Waals surface area contributed by atoms with Crippen LogP contribution in [0.1, 0.15) is 72.5 Å². The number of halogens is 1. The van der Waals surface area contributed by atoms with Crippen LogP contribution in [0, 0.1) is 18.7 Å². The van der Waals surface area contributed by atoms with Gasteiger partial charge in [-0.05, 0) is 72.1 Å². The average molecular weight is 461 g/mol. The van der Waals surface area contributed by atoms with Crippen LogP contribution in [-0.2, 0) is 16.9 Å². The number of hydrogen-bond acceptors (Lipinski definition) is 2. The van der Waals surface area contributed by atoms with Gasteiger partial charge < -0.3 is 9.84 Å². The summed E-state index contributed by atoms with van der Waals surface area (Å²) in [6.45, 7) is 4.73. The van der Waals surface area contributed by atoms with E-state index >= 15 is 0 Å². The standard InChI is InChI=1S/C30H33FO3/c1-3-30(24-10-6-4-7-11-24,25-12-8-5-9-13-25)34-20-22-14-16-26(21(2)18-22)23-15-17-27(29(32)33)28(31)19-23/h4,6-7,10-11,14-19,25H,3,5,8-9,12-13,20H2,1-2H3,(H,32,33). The maximum absolute atomic E-state index is 14.2. The predicted octanol–water partition coefficient (Wildman–Crippen LogP) is 7.90. The molecule has 0 saturated heterocycles. The van der Waals surface area contributed by atoms with Crippen LogP contribution in [0.4, 0.5) is 4.39 Å². The molecular weight excluding hydrogens is 427 g/mol. The van der Waals surface area contributed by atoms with Crippen LogP contribution in [0.2, 0.25) is 0 Å². The van der Waals surface area contributed by atoms with Crippen molar-refractivity contribution in [3.8, 4) is 11.1 Å². The van der Waals surface area contributed by atoms with Gasteiger partial charge in [-0.2, -0.15) is 0 Å². The second-order valence-corrected chi connectivity index (χ2v) is 9.38. The van der Waals surface area contributed by atoms with Crippen molar-refractivity contribution in [2.24, 2.45) is 5.92 Å². The molecule has 0 aliphatic heterocycles. The third-order valence-corrected chi connectivity index (χ3v) is 7.35. The summed E-state index contributed by atoms with van der Waals surface area (Å²) in [7, 11) is 0. The fourth-order valence-electron chi connectivity index (χ4n) is 5.53. The molecule has 1 saturated carbocycles. The lowest BCUT2D eigenvalue weighted by Gasteiger charge is -2.42. The highest BCUT2D eigenvalue weighted by Gasteiger charge is 2.40. The molecule has 0 bridgehead atoms. The molecule has 1 aliphatic rings. The molecule has 0 spiro atoms. The zero-order valence-corrected chi connectivity index (χ0v) is 20.0. The second kappa shape index (κ2) is 10.5. The van der Waals surface area contributed by atoms with Crippen LogP contribution in [0.5, 0.6) is 0 Å². The molecule has 0 heterocycles. The molecule has 178 valence electrons. The number of rotatable bonds is 8. The third kappa shape index (κ3) is 4.92.